The van der Waals surface area contributed by atoms with Crippen LogP contribution >= 0.6 is 0 Å². The standard InChI is InChI=1S/C22H18N8O2/c1-30-10-7-17(29-30)19-18(14-4-5-16-13(11-14)3-2-8-24-16)27-20(21(23)28-19)22(31)25-12-15-6-9-26-32-15/h2-11H,12H2,1H3,(H2,23,28)(H,25,31). The number of pyridine rings is 1. The highest BCUT2D eigenvalue weighted by atomic mass is 16.5. The van der Waals surface area contributed by atoms with E-state index in [1.54, 1.807) is 23.1 Å². The van der Waals surface area contributed by atoms with Gasteiger partial charge in [-0.1, -0.05) is 17.3 Å². The lowest BCUT2D eigenvalue weighted by atomic mass is 10.0. The van der Waals surface area contributed by atoms with E-state index in [0.717, 1.165) is 16.5 Å². The normalized spacial score (nSPS) is 11.0. The van der Waals surface area contributed by atoms with Crippen LogP contribution in [0.4, 0.5) is 5.82 Å². The molecule has 0 aliphatic heterocycles. The van der Waals surface area contributed by atoms with E-state index in [0.29, 0.717) is 22.8 Å². The molecule has 0 aliphatic rings. The number of nitrogen functional groups attached to an aromatic ring is 1. The summed E-state index contributed by atoms with van der Waals surface area (Å²) in [5.41, 5.74) is 9.35. The summed E-state index contributed by atoms with van der Waals surface area (Å²) in [4.78, 5) is 26.3. The maximum atomic E-state index is 12.8. The summed E-state index contributed by atoms with van der Waals surface area (Å²) in [6, 6.07) is 13.0. The first-order chi connectivity index (χ1) is 15.6. The number of aryl methyl sites for hydroxylation is 1. The maximum absolute atomic E-state index is 12.8. The van der Waals surface area contributed by atoms with Crippen molar-refractivity contribution in [2.75, 3.05) is 5.73 Å². The zero-order chi connectivity index (χ0) is 22.1. The lowest BCUT2D eigenvalue weighted by molar-refractivity contribution is 0.0943. The van der Waals surface area contributed by atoms with Crippen molar-refractivity contribution in [2.24, 2.45) is 7.05 Å². The fourth-order valence-electron chi connectivity index (χ4n) is 3.34. The highest BCUT2D eigenvalue weighted by Gasteiger charge is 2.21. The maximum Gasteiger partial charge on any atom is 0.274 e. The van der Waals surface area contributed by atoms with Crippen molar-refractivity contribution in [3.63, 3.8) is 0 Å². The smallest absolute Gasteiger partial charge is 0.274 e. The Morgan fingerprint density at radius 3 is 2.81 bits per heavy atom. The quantitative estimate of drug-likeness (QED) is 0.437. The Bertz CT molecular complexity index is 1430. The molecular weight excluding hydrogens is 408 g/mol. The number of rotatable bonds is 5. The predicted molar refractivity (Wildman–Crippen MR) is 117 cm³/mol. The molecule has 4 heterocycles. The molecule has 1 amide bonds. The molecule has 0 aliphatic carbocycles. The number of benzene rings is 1. The van der Waals surface area contributed by atoms with Gasteiger partial charge >= 0.3 is 0 Å². The monoisotopic (exact) mass is 426 g/mol. The number of anilines is 1. The minimum atomic E-state index is -0.470. The van der Waals surface area contributed by atoms with Crippen LogP contribution in [0.2, 0.25) is 0 Å². The molecule has 5 rings (SSSR count). The van der Waals surface area contributed by atoms with Gasteiger partial charge < -0.3 is 15.6 Å². The number of nitrogens with two attached hydrogens (primary N) is 1. The van der Waals surface area contributed by atoms with Gasteiger partial charge in [0, 0.05) is 36.5 Å². The summed E-state index contributed by atoms with van der Waals surface area (Å²) in [6.45, 7) is 0.152. The first-order valence-electron chi connectivity index (χ1n) is 9.79. The van der Waals surface area contributed by atoms with Crippen molar-refractivity contribution in [3.05, 3.63) is 72.5 Å². The van der Waals surface area contributed by atoms with Crippen LogP contribution in [0.3, 0.4) is 0 Å². The topological polar surface area (TPSA) is 138 Å². The molecule has 0 bridgehead atoms. The molecule has 4 aromatic heterocycles. The molecule has 5 aromatic rings. The average molecular weight is 426 g/mol. The zero-order valence-electron chi connectivity index (χ0n) is 17.1. The minimum Gasteiger partial charge on any atom is -0.382 e. The summed E-state index contributed by atoms with van der Waals surface area (Å²) in [5, 5.41) is 11.7. The number of hydrogen-bond acceptors (Lipinski definition) is 8. The lowest BCUT2D eigenvalue weighted by Gasteiger charge is -2.12. The summed E-state index contributed by atoms with van der Waals surface area (Å²) in [5.74, 6) is 0.0480. The number of carbonyl (C=O) groups excluding carboxylic acids is 1. The molecule has 0 spiro atoms. The molecular formula is C22H18N8O2. The lowest BCUT2D eigenvalue weighted by Crippen LogP contribution is -2.25. The fraction of sp³-hybridized carbons (Fsp3) is 0.0909. The Labute approximate surface area is 182 Å². The molecule has 3 N–H and O–H groups in total. The van der Waals surface area contributed by atoms with Gasteiger partial charge in [0.15, 0.2) is 17.3 Å². The molecule has 32 heavy (non-hydrogen) atoms. The molecule has 0 radical (unpaired) electrons. The third-order valence-electron chi connectivity index (χ3n) is 4.88. The molecule has 0 atom stereocenters. The van der Waals surface area contributed by atoms with E-state index in [4.69, 9.17) is 10.3 Å². The van der Waals surface area contributed by atoms with E-state index < -0.39 is 5.91 Å². The summed E-state index contributed by atoms with van der Waals surface area (Å²) >= 11 is 0. The van der Waals surface area contributed by atoms with Crippen molar-refractivity contribution in [3.8, 4) is 22.6 Å². The second kappa shape index (κ2) is 7.91. The molecule has 0 fully saturated rings. The van der Waals surface area contributed by atoms with Crippen LogP contribution in [0.1, 0.15) is 16.2 Å². The Balaban J connectivity index is 1.61. The van der Waals surface area contributed by atoms with Gasteiger partial charge in [0.1, 0.15) is 11.4 Å². The van der Waals surface area contributed by atoms with E-state index >= 15 is 0 Å². The van der Waals surface area contributed by atoms with Gasteiger partial charge in [-0.15, -0.1) is 0 Å². The van der Waals surface area contributed by atoms with Gasteiger partial charge in [-0.25, -0.2) is 9.97 Å². The molecule has 0 saturated carbocycles. The van der Waals surface area contributed by atoms with Crippen LogP contribution in [0.25, 0.3) is 33.5 Å². The summed E-state index contributed by atoms with van der Waals surface area (Å²) < 4.78 is 6.68. The number of nitrogens with zero attached hydrogens (tertiary/aromatic N) is 6. The largest absolute Gasteiger partial charge is 0.382 e. The van der Waals surface area contributed by atoms with Crippen molar-refractivity contribution in [1.82, 2.24) is 35.2 Å². The Morgan fingerprint density at radius 1 is 1.12 bits per heavy atom. The van der Waals surface area contributed by atoms with Gasteiger partial charge in [-0.05, 0) is 24.3 Å². The summed E-state index contributed by atoms with van der Waals surface area (Å²) in [6.07, 6.45) is 5.05. The van der Waals surface area contributed by atoms with Crippen LogP contribution in [-0.2, 0) is 13.6 Å². The molecule has 10 nitrogen and oxygen atoms in total. The van der Waals surface area contributed by atoms with Crippen LogP contribution in [0.15, 0.2) is 65.6 Å². The molecule has 10 heteroatoms. The predicted octanol–water partition coefficient (Wildman–Crippen LogP) is 2.59. The van der Waals surface area contributed by atoms with Gasteiger partial charge in [0.05, 0.1) is 24.0 Å². The Kier molecular flexibility index (Phi) is 4.79. The average Bonchev–Trinajstić information content (AvgIpc) is 3.49. The van der Waals surface area contributed by atoms with E-state index in [-0.39, 0.29) is 18.1 Å². The number of amides is 1. The van der Waals surface area contributed by atoms with Crippen LogP contribution in [0, 0.1) is 0 Å². The van der Waals surface area contributed by atoms with Crippen molar-refractivity contribution < 1.29 is 9.32 Å². The van der Waals surface area contributed by atoms with Gasteiger partial charge in [-0.3, -0.25) is 14.5 Å². The van der Waals surface area contributed by atoms with E-state index in [2.05, 4.69) is 30.5 Å². The number of carbonyl (C=O) groups is 1. The number of fused-ring (bicyclic) bond motifs is 1. The summed E-state index contributed by atoms with van der Waals surface area (Å²) in [7, 11) is 1.81. The fourth-order valence-corrected chi connectivity index (χ4v) is 3.34. The van der Waals surface area contributed by atoms with E-state index in [1.165, 1.54) is 6.20 Å². The third-order valence-corrected chi connectivity index (χ3v) is 4.88. The number of aromatic nitrogens is 6. The number of hydrogen-bond donors (Lipinski definition) is 2. The molecule has 0 saturated heterocycles. The third kappa shape index (κ3) is 3.65. The van der Waals surface area contributed by atoms with Crippen LogP contribution < -0.4 is 11.1 Å². The van der Waals surface area contributed by atoms with E-state index in [1.807, 2.05) is 43.4 Å². The first kappa shape index (κ1) is 19.4. The van der Waals surface area contributed by atoms with Gasteiger partial charge in [0.2, 0.25) is 0 Å². The first-order valence-corrected chi connectivity index (χ1v) is 9.79. The second-order valence-electron chi connectivity index (χ2n) is 7.10. The highest BCUT2D eigenvalue weighted by molar-refractivity contribution is 5.98. The SMILES string of the molecule is Cn1ccc(-c2nc(N)c(C(=O)NCc3ccno3)nc2-c2ccc3ncccc3c2)n1. The Hall–Kier alpha value is -4.60. The Morgan fingerprint density at radius 2 is 2.03 bits per heavy atom. The zero-order valence-corrected chi connectivity index (χ0v) is 17.1. The van der Waals surface area contributed by atoms with Crippen molar-refractivity contribution in [2.45, 2.75) is 6.54 Å². The van der Waals surface area contributed by atoms with Gasteiger partial charge in [0.25, 0.3) is 5.91 Å². The van der Waals surface area contributed by atoms with Crippen molar-refractivity contribution in [1.29, 1.82) is 0 Å². The number of nitrogens with one attached hydrogen (secondary N) is 1. The van der Waals surface area contributed by atoms with Crippen LogP contribution in [-0.4, -0.2) is 35.8 Å². The minimum absolute atomic E-state index is 0.00642. The molecule has 158 valence electrons. The molecule has 0 unspecified atom stereocenters. The highest BCUT2D eigenvalue weighted by Crippen LogP contribution is 2.31. The van der Waals surface area contributed by atoms with E-state index in [9.17, 15) is 4.79 Å². The molecule has 1 aromatic carbocycles. The van der Waals surface area contributed by atoms with Crippen molar-refractivity contribution >= 4 is 22.6 Å². The second-order valence-corrected chi connectivity index (χ2v) is 7.10. The van der Waals surface area contributed by atoms with Gasteiger partial charge in [-0.2, -0.15) is 5.10 Å². The van der Waals surface area contributed by atoms with Crippen LogP contribution in [0.5, 0.6) is 0 Å².